The Bertz CT molecular complexity index is 323. The molecule has 0 bridgehead atoms. The number of hydrogen-bond acceptors (Lipinski definition) is 2. The molecule has 108 valence electrons. The highest BCUT2D eigenvalue weighted by atomic mass is 16.5. The van der Waals surface area contributed by atoms with Crippen LogP contribution < -0.4 is 5.32 Å². The van der Waals surface area contributed by atoms with Crippen LogP contribution in [0.4, 0.5) is 0 Å². The molecule has 0 aromatic carbocycles. The topological polar surface area (TPSA) is 38.3 Å². The molecule has 2 heterocycles. The number of carbonyl (C=O) groups excluding carboxylic acids is 1. The zero-order valence-corrected chi connectivity index (χ0v) is 12.0. The number of rotatable bonds is 2. The molecule has 0 aromatic heterocycles. The highest BCUT2D eigenvalue weighted by Crippen LogP contribution is 2.43. The Morgan fingerprint density at radius 1 is 1.05 bits per heavy atom. The van der Waals surface area contributed by atoms with Crippen LogP contribution in [-0.4, -0.2) is 24.2 Å². The predicted molar refractivity (Wildman–Crippen MR) is 74.9 cm³/mol. The van der Waals surface area contributed by atoms with Crippen molar-refractivity contribution in [2.24, 2.45) is 5.92 Å². The van der Waals surface area contributed by atoms with Crippen molar-refractivity contribution < 1.29 is 9.53 Å². The SMILES string of the molecule is O=C1NCCCCC1CC1CCC2(CCCCC2)O1. The summed E-state index contributed by atoms with van der Waals surface area (Å²) >= 11 is 0. The Morgan fingerprint density at radius 2 is 1.89 bits per heavy atom. The number of hydrogen-bond donors (Lipinski definition) is 1. The Hall–Kier alpha value is -0.570. The molecule has 2 atom stereocenters. The maximum atomic E-state index is 12.0. The van der Waals surface area contributed by atoms with Crippen LogP contribution in [0.5, 0.6) is 0 Å². The van der Waals surface area contributed by atoms with Gasteiger partial charge in [-0.25, -0.2) is 0 Å². The van der Waals surface area contributed by atoms with Gasteiger partial charge in [0, 0.05) is 12.5 Å². The summed E-state index contributed by atoms with van der Waals surface area (Å²) in [5.74, 6) is 0.469. The monoisotopic (exact) mass is 265 g/mol. The smallest absolute Gasteiger partial charge is 0.223 e. The molecule has 1 aliphatic carbocycles. The predicted octanol–water partition coefficient (Wildman–Crippen LogP) is 3.17. The van der Waals surface area contributed by atoms with Crippen LogP contribution in [0.15, 0.2) is 0 Å². The lowest BCUT2D eigenvalue weighted by atomic mass is 9.83. The Labute approximate surface area is 116 Å². The van der Waals surface area contributed by atoms with Crippen LogP contribution in [0.2, 0.25) is 0 Å². The first-order chi connectivity index (χ1) is 9.27. The number of nitrogens with one attached hydrogen (secondary N) is 1. The van der Waals surface area contributed by atoms with Crippen LogP contribution in [0.3, 0.4) is 0 Å². The third-order valence-electron chi connectivity index (χ3n) is 5.30. The van der Waals surface area contributed by atoms with Crippen LogP contribution in [-0.2, 0) is 9.53 Å². The van der Waals surface area contributed by atoms with E-state index in [0.29, 0.717) is 6.10 Å². The number of carbonyl (C=O) groups is 1. The average molecular weight is 265 g/mol. The van der Waals surface area contributed by atoms with Gasteiger partial charge >= 0.3 is 0 Å². The van der Waals surface area contributed by atoms with Crippen molar-refractivity contribution in [3.63, 3.8) is 0 Å². The molecular weight excluding hydrogens is 238 g/mol. The fourth-order valence-corrected chi connectivity index (χ4v) is 4.17. The minimum atomic E-state index is 0.199. The summed E-state index contributed by atoms with van der Waals surface area (Å²) in [6.45, 7) is 0.866. The zero-order valence-electron chi connectivity index (χ0n) is 12.0. The summed E-state index contributed by atoms with van der Waals surface area (Å²) in [4.78, 5) is 12.0. The first kappa shape index (κ1) is 13.4. The normalized spacial score (nSPS) is 35.1. The van der Waals surface area contributed by atoms with Gasteiger partial charge in [0.2, 0.25) is 5.91 Å². The van der Waals surface area contributed by atoms with Gasteiger partial charge in [0.05, 0.1) is 11.7 Å². The summed E-state index contributed by atoms with van der Waals surface area (Å²) in [7, 11) is 0. The van der Waals surface area contributed by atoms with E-state index < -0.39 is 0 Å². The van der Waals surface area contributed by atoms with Gasteiger partial charge in [-0.05, 0) is 44.9 Å². The fourth-order valence-electron chi connectivity index (χ4n) is 4.17. The zero-order chi connectivity index (χ0) is 13.1. The minimum absolute atomic E-state index is 0.199. The Morgan fingerprint density at radius 3 is 2.74 bits per heavy atom. The van der Waals surface area contributed by atoms with E-state index in [0.717, 1.165) is 25.8 Å². The summed E-state index contributed by atoms with van der Waals surface area (Å²) in [6, 6.07) is 0. The van der Waals surface area contributed by atoms with E-state index >= 15 is 0 Å². The lowest BCUT2D eigenvalue weighted by Crippen LogP contribution is -2.34. The molecule has 1 spiro atoms. The molecule has 19 heavy (non-hydrogen) atoms. The third kappa shape index (κ3) is 3.13. The summed E-state index contributed by atoms with van der Waals surface area (Å²) < 4.78 is 6.40. The molecular formula is C16H27NO2. The van der Waals surface area contributed by atoms with Gasteiger partial charge in [0.1, 0.15) is 0 Å². The Balaban J connectivity index is 1.54. The molecule has 2 saturated heterocycles. The quantitative estimate of drug-likeness (QED) is 0.833. The molecule has 3 nitrogen and oxygen atoms in total. The third-order valence-corrected chi connectivity index (χ3v) is 5.30. The molecule has 3 fully saturated rings. The van der Waals surface area contributed by atoms with Gasteiger partial charge < -0.3 is 10.1 Å². The van der Waals surface area contributed by atoms with Gasteiger partial charge in [-0.1, -0.05) is 25.7 Å². The second kappa shape index (κ2) is 5.82. The van der Waals surface area contributed by atoms with E-state index in [1.54, 1.807) is 0 Å². The molecule has 1 N–H and O–H groups in total. The molecule has 1 amide bonds. The highest BCUT2D eigenvalue weighted by Gasteiger charge is 2.41. The van der Waals surface area contributed by atoms with E-state index in [1.165, 1.54) is 51.4 Å². The second-order valence-corrected chi connectivity index (χ2v) is 6.74. The largest absolute Gasteiger partial charge is 0.372 e. The standard InChI is InChI=1S/C16H27NO2/c18-15-13(6-2-5-11-17-15)12-14-7-10-16(19-14)8-3-1-4-9-16/h13-14H,1-12H2,(H,17,18). The molecule has 3 heteroatoms. The maximum Gasteiger partial charge on any atom is 0.223 e. The van der Waals surface area contributed by atoms with E-state index in [4.69, 9.17) is 4.74 Å². The van der Waals surface area contributed by atoms with Gasteiger partial charge in [-0.15, -0.1) is 0 Å². The van der Waals surface area contributed by atoms with Gasteiger partial charge in [-0.3, -0.25) is 4.79 Å². The van der Waals surface area contributed by atoms with Crippen LogP contribution in [0.1, 0.15) is 70.6 Å². The Kier molecular flexibility index (Phi) is 4.11. The molecule has 0 radical (unpaired) electrons. The van der Waals surface area contributed by atoms with Crippen molar-refractivity contribution in [1.29, 1.82) is 0 Å². The van der Waals surface area contributed by atoms with Crippen LogP contribution in [0.25, 0.3) is 0 Å². The summed E-state index contributed by atoms with van der Waals surface area (Å²) in [6.07, 6.45) is 13.6. The lowest BCUT2D eigenvalue weighted by Gasteiger charge is -2.33. The molecule has 2 unspecified atom stereocenters. The number of ether oxygens (including phenoxy) is 1. The van der Waals surface area contributed by atoms with Crippen molar-refractivity contribution in [1.82, 2.24) is 5.32 Å². The molecule has 2 aliphatic heterocycles. The van der Waals surface area contributed by atoms with Crippen LogP contribution >= 0.6 is 0 Å². The minimum Gasteiger partial charge on any atom is -0.372 e. The number of amides is 1. The van der Waals surface area contributed by atoms with Crippen molar-refractivity contribution in [2.75, 3.05) is 6.54 Å². The summed E-state index contributed by atoms with van der Waals surface area (Å²) in [5.41, 5.74) is 0.199. The lowest BCUT2D eigenvalue weighted by molar-refractivity contribution is -0.127. The van der Waals surface area contributed by atoms with Crippen molar-refractivity contribution in [3.8, 4) is 0 Å². The van der Waals surface area contributed by atoms with Crippen molar-refractivity contribution >= 4 is 5.91 Å². The molecule has 3 rings (SSSR count). The first-order valence-electron chi connectivity index (χ1n) is 8.23. The van der Waals surface area contributed by atoms with Gasteiger partial charge in [0.25, 0.3) is 0 Å². The average Bonchev–Trinajstić information content (AvgIpc) is 2.68. The van der Waals surface area contributed by atoms with Gasteiger partial charge in [0.15, 0.2) is 0 Å². The first-order valence-corrected chi connectivity index (χ1v) is 8.23. The van der Waals surface area contributed by atoms with Crippen molar-refractivity contribution in [3.05, 3.63) is 0 Å². The molecule has 1 saturated carbocycles. The second-order valence-electron chi connectivity index (χ2n) is 6.74. The molecule has 3 aliphatic rings. The highest BCUT2D eigenvalue weighted by molar-refractivity contribution is 5.78. The van der Waals surface area contributed by atoms with E-state index in [-0.39, 0.29) is 17.4 Å². The van der Waals surface area contributed by atoms with E-state index in [2.05, 4.69) is 5.32 Å². The van der Waals surface area contributed by atoms with Crippen LogP contribution in [0, 0.1) is 5.92 Å². The van der Waals surface area contributed by atoms with E-state index in [9.17, 15) is 4.79 Å². The van der Waals surface area contributed by atoms with Crippen molar-refractivity contribution in [2.45, 2.75) is 82.3 Å². The van der Waals surface area contributed by atoms with Gasteiger partial charge in [-0.2, -0.15) is 0 Å². The maximum absolute atomic E-state index is 12.0. The van der Waals surface area contributed by atoms with E-state index in [1.807, 2.05) is 0 Å². The summed E-state index contributed by atoms with van der Waals surface area (Å²) in [5, 5.41) is 3.05. The fraction of sp³-hybridized carbons (Fsp3) is 0.938. The molecule has 0 aromatic rings.